The third kappa shape index (κ3) is 5.16. The normalized spacial score (nSPS) is 11.3. The van der Waals surface area contributed by atoms with E-state index in [4.69, 9.17) is 0 Å². The largest absolute Gasteiger partial charge is 0.207 e. The fourth-order valence-electron chi connectivity index (χ4n) is 2.57. The third-order valence-electron chi connectivity index (χ3n) is 3.91. The first kappa shape index (κ1) is 17.1. The molecule has 0 saturated heterocycles. The van der Waals surface area contributed by atoms with Gasteiger partial charge in [-0.3, -0.25) is 0 Å². The highest BCUT2D eigenvalue weighted by Crippen LogP contribution is 2.30. The Bertz CT molecular complexity index is 542. The van der Waals surface area contributed by atoms with Gasteiger partial charge in [0.2, 0.25) is 0 Å². The lowest BCUT2D eigenvalue weighted by molar-refractivity contribution is 0.520. The molecule has 2 rings (SSSR count). The van der Waals surface area contributed by atoms with E-state index in [0.717, 1.165) is 17.0 Å². The first-order chi connectivity index (χ1) is 10.7. The maximum absolute atomic E-state index is 12.9. The Morgan fingerprint density at radius 1 is 1.00 bits per heavy atom. The van der Waals surface area contributed by atoms with Crippen molar-refractivity contribution in [1.29, 1.82) is 0 Å². The van der Waals surface area contributed by atoms with Gasteiger partial charge in [-0.25, -0.2) is 4.39 Å². The van der Waals surface area contributed by atoms with Crippen LogP contribution >= 0.6 is 11.3 Å². The van der Waals surface area contributed by atoms with E-state index >= 15 is 0 Å². The van der Waals surface area contributed by atoms with E-state index < -0.39 is 0 Å². The molecule has 0 N–H and O–H groups in total. The first-order valence-corrected chi connectivity index (χ1v) is 9.11. The number of nitrogens with zero attached hydrogens (tertiary/aromatic N) is 2. The number of hydrogen-bond donors (Lipinski definition) is 0. The fraction of sp³-hybridized carbons (Fsp3) is 0.556. The summed E-state index contributed by atoms with van der Waals surface area (Å²) in [6.07, 6.45) is 8.12. The zero-order chi connectivity index (χ0) is 15.8. The molecule has 0 aliphatic heterocycles. The molecule has 0 aliphatic rings. The van der Waals surface area contributed by atoms with E-state index in [-0.39, 0.29) is 5.82 Å². The molecule has 0 spiro atoms. The zero-order valence-corrected chi connectivity index (χ0v) is 14.3. The van der Waals surface area contributed by atoms with Gasteiger partial charge in [0.15, 0.2) is 0 Å². The quantitative estimate of drug-likeness (QED) is 0.589. The molecule has 0 unspecified atom stereocenters. The van der Waals surface area contributed by atoms with Crippen LogP contribution in [0.1, 0.15) is 73.9 Å². The predicted octanol–water partition coefficient (Wildman–Crippen LogP) is 5.73. The Balaban J connectivity index is 2.02. The summed E-state index contributed by atoms with van der Waals surface area (Å²) in [5.74, 6) is 0.361. The van der Waals surface area contributed by atoms with Crippen molar-refractivity contribution in [1.82, 2.24) is 10.2 Å². The summed E-state index contributed by atoms with van der Waals surface area (Å²) < 4.78 is 12.9. The van der Waals surface area contributed by atoms with Gasteiger partial charge in [0.25, 0.3) is 0 Å². The van der Waals surface area contributed by atoms with Crippen LogP contribution in [0, 0.1) is 5.82 Å². The summed E-state index contributed by atoms with van der Waals surface area (Å²) in [6.45, 7) is 4.47. The highest BCUT2D eigenvalue weighted by molar-refractivity contribution is 7.11. The molecule has 1 aromatic carbocycles. The van der Waals surface area contributed by atoms with Crippen molar-refractivity contribution in [2.24, 2.45) is 0 Å². The van der Waals surface area contributed by atoms with E-state index in [2.05, 4.69) is 24.0 Å². The van der Waals surface area contributed by atoms with Crippen LogP contribution in [-0.4, -0.2) is 10.2 Å². The van der Waals surface area contributed by atoms with E-state index in [1.807, 2.05) is 12.1 Å². The van der Waals surface area contributed by atoms with Crippen LogP contribution < -0.4 is 0 Å². The number of benzene rings is 1. The molecule has 0 aliphatic carbocycles. The van der Waals surface area contributed by atoms with Gasteiger partial charge in [-0.2, -0.15) is 0 Å². The lowest BCUT2D eigenvalue weighted by atomic mass is 9.97. The van der Waals surface area contributed by atoms with Crippen molar-refractivity contribution in [3.8, 4) is 0 Å². The summed E-state index contributed by atoms with van der Waals surface area (Å²) >= 11 is 1.72. The van der Waals surface area contributed by atoms with Gasteiger partial charge in [-0.15, -0.1) is 21.5 Å². The van der Waals surface area contributed by atoms with Crippen LogP contribution in [0.4, 0.5) is 4.39 Å². The lowest BCUT2D eigenvalue weighted by Gasteiger charge is -2.12. The number of aromatic nitrogens is 2. The molecule has 0 bridgehead atoms. The Kier molecular flexibility index (Phi) is 6.97. The van der Waals surface area contributed by atoms with Gasteiger partial charge in [-0.05, 0) is 30.5 Å². The van der Waals surface area contributed by atoms with Gasteiger partial charge in [-0.1, -0.05) is 51.7 Å². The van der Waals surface area contributed by atoms with Crippen LogP contribution in [0.15, 0.2) is 24.3 Å². The maximum Gasteiger partial charge on any atom is 0.123 e. The average molecular weight is 320 g/mol. The predicted molar refractivity (Wildman–Crippen MR) is 90.9 cm³/mol. The Morgan fingerprint density at radius 3 is 2.23 bits per heavy atom. The van der Waals surface area contributed by atoms with Gasteiger partial charge >= 0.3 is 0 Å². The van der Waals surface area contributed by atoms with E-state index in [0.29, 0.717) is 5.92 Å². The molecule has 120 valence electrons. The van der Waals surface area contributed by atoms with E-state index in [9.17, 15) is 4.39 Å². The van der Waals surface area contributed by atoms with Gasteiger partial charge in [0.1, 0.15) is 15.8 Å². The second-order valence-electron chi connectivity index (χ2n) is 5.82. The summed E-state index contributed by atoms with van der Waals surface area (Å²) in [5, 5.41) is 11.0. The third-order valence-corrected chi connectivity index (χ3v) is 5.00. The highest BCUT2D eigenvalue weighted by Gasteiger charge is 2.16. The number of hydrogen-bond acceptors (Lipinski definition) is 3. The number of unbranched alkanes of at least 4 members (excludes halogenated alkanes) is 2. The summed E-state index contributed by atoms with van der Waals surface area (Å²) in [5.41, 5.74) is 1.09. The molecule has 1 aromatic heterocycles. The standard InChI is InChI=1S/C18H25FN2S/c1-3-5-7-15(8-6-4-2)18-21-20-17(22-18)13-14-9-11-16(19)12-10-14/h9-12,15H,3-8,13H2,1-2H3. The maximum atomic E-state index is 12.9. The van der Waals surface area contributed by atoms with Crippen LogP contribution in [0.25, 0.3) is 0 Å². The highest BCUT2D eigenvalue weighted by atomic mass is 32.1. The van der Waals surface area contributed by atoms with Crippen molar-refractivity contribution < 1.29 is 4.39 Å². The summed E-state index contributed by atoms with van der Waals surface area (Å²) in [4.78, 5) is 0. The molecule has 1 heterocycles. The minimum absolute atomic E-state index is 0.194. The molecular weight excluding hydrogens is 295 g/mol. The van der Waals surface area contributed by atoms with Crippen LogP contribution in [-0.2, 0) is 6.42 Å². The molecule has 0 amide bonds. The molecule has 0 atom stereocenters. The second kappa shape index (κ2) is 8.99. The monoisotopic (exact) mass is 320 g/mol. The molecule has 2 nitrogen and oxygen atoms in total. The molecule has 0 fully saturated rings. The van der Waals surface area contributed by atoms with E-state index in [1.165, 1.54) is 55.7 Å². The van der Waals surface area contributed by atoms with Crippen molar-refractivity contribution in [2.75, 3.05) is 0 Å². The molecule has 4 heteroatoms. The van der Waals surface area contributed by atoms with Crippen LogP contribution in [0.2, 0.25) is 0 Å². The van der Waals surface area contributed by atoms with Crippen molar-refractivity contribution in [3.63, 3.8) is 0 Å². The zero-order valence-electron chi connectivity index (χ0n) is 13.5. The average Bonchev–Trinajstić information content (AvgIpc) is 2.98. The van der Waals surface area contributed by atoms with Crippen molar-refractivity contribution in [2.45, 2.75) is 64.7 Å². The lowest BCUT2D eigenvalue weighted by Crippen LogP contribution is -1.98. The van der Waals surface area contributed by atoms with Gasteiger partial charge < -0.3 is 0 Å². The smallest absolute Gasteiger partial charge is 0.123 e. The van der Waals surface area contributed by atoms with E-state index in [1.54, 1.807) is 11.3 Å². The van der Waals surface area contributed by atoms with Crippen LogP contribution in [0.5, 0.6) is 0 Å². The SMILES string of the molecule is CCCCC(CCCC)c1nnc(Cc2ccc(F)cc2)s1. The molecule has 0 radical (unpaired) electrons. The van der Waals surface area contributed by atoms with Crippen LogP contribution in [0.3, 0.4) is 0 Å². The molecule has 0 saturated carbocycles. The summed E-state index contributed by atoms with van der Waals surface area (Å²) in [7, 11) is 0. The van der Waals surface area contributed by atoms with Gasteiger partial charge in [0.05, 0.1) is 0 Å². The Morgan fingerprint density at radius 2 is 1.64 bits per heavy atom. The first-order valence-electron chi connectivity index (χ1n) is 8.29. The minimum atomic E-state index is -0.194. The van der Waals surface area contributed by atoms with Gasteiger partial charge in [0, 0.05) is 12.3 Å². The fourth-order valence-corrected chi connectivity index (χ4v) is 3.62. The Labute approximate surface area is 136 Å². The van der Waals surface area contributed by atoms with Crippen molar-refractivity contribution >= 4 is 11.3 Å². The minimum Gasteiger partial charge on any atom is -0.207 e. The molecule has 2 aromatic rings. The molecule has 22 heavy (non-hydrogen) atoms. The van der Waals surface area contributed by atoms with Crippen molar-refractivity contribution in [3.05, 3.63) is 45.7 Å². The Hall–Kier alpha value is -1.29. The number of halogens is 1. The molecular formula is C18H25FN2S. The second-order valence-corrected chi connectivity index (χ2v) is 6.91. The number of rotatable bonds is 9. The summed E-state index contributed by atoms with van der Waals surface area (Å²) in [6, 6.07) is 6.65. The topological polar surface area (TPSA) is 25.8 Å².